The van der Waals surface area contributed by atoms with Crippen LogP contribution in [0.15, 0.2) is 42.6 Å². The maximum atomic E-state index is 6.15. The summed E-state index contributed by atoms with van der Waals surface area (Å²) in [6.45, 7) is 2.02. The first-order valence-electron chi connectivity index (χ1n) is 5.66. The van der Waals surface area contributed by atoms with E-state index in [2.05, 4.69) is 4.98 Å². The molecule has 0 unspecified atom stereocenters. The van der Waals surface area contributed by atoms with Crippen molar-refractivity contribution < 1.29 is 0 Å². The van der Waals surface area contributed by atoms with Gasteiger partial charge in [0, 0.05) is 16.8 Å². The van der Waals surface area contributed by atoms with E-state index in [0.29, 0.717) is 10.8 Å². The van der Waals surface area contributed by atoms with Crippen LogP contribution in [0.4, 0.5) is 5.82 Å². The number of anilines is 1. The number of nitrogens with zero attached hydrogens (tertiary/aromatic N) is 2. The first-order valence-corrected chi connectivity index (χ1v) is 6.03. The molecule has 0 aliphatic carbocycles. The second-order valence-electron chi connectivity index (χ2n) is 4.24. The smallest absolute Gasteiger partial charge is 0.142 e. The highest BCUT2D eigenvalue weighted by molar-refractivity contribution is 6.30. The van der Waals surface area contributed by atoms with E-state index in [1.54, 1.807) is 0 Å². The van der Waals surface area contributed by atoms with E-state index in [0.717, 1.165) is 22.5 Å². The van der Waals surface area contributed by atoms with E-state index in [1.807, 2.05) is 53.9 Å². The van der Waals surface area contributed by atoms with Gasteiger partial charge in [-0.2, -0.15) is 0 Å². The predicted molar refractivity (Wildman–Crippen MR) is 74.8 cm³/mol. The van der Waals surface area contributed by atoms with Gasteiger partial charge in [-0.05, 0) is 30.7 Å². The Balaban J connectivity index is 2.30. The van der Waals surface area contributed by atoms with E-state index in [4.69, 9.17) is 17.3 Å². The second-order valence-corrected chi connectivity index (χ2v) is 4.68. The van der Waals surface area contributed by atoms with Crippen LogP contribution in [-0.2, 0) is 0 Å². The van der Waals surface area contributed by atoms with Gasteiger partial charge in [0.25, 0.3) is 0 Å². The largest absolute Gasteiger partial charge is 0.383 e. The minimum Gasteiger partial charge on any atom is -0.383 e. The number of aryl methyl sites for hydroxylation is 1. The third kappa shape index (κ3) is 1.64. The van der Waals surface area contributed by atoms with Crippen LogP contribution in [0.25, 0.3) is 16.9 Å². The van der Waals surface area contributed by atoms with Gasteiger partial charge in [-0.25, -0.2) is 4.98 Å². The molecule has 1 aromatic carbocycles. The average molecular weight is 258 g/mol. The van der Waals surface area contributed by atoms with Crippen molar-refractivity contribution in [2.45, 2.75) is 6.92 Å². The van der Waals surface area contributed by atoms with Crippen LogP contribution in [-0.4, -0.2) is 9.38 Å². The molecule has 0 amide bonds. The molecule has 0 aliphatic heterocycles. The average Bonchev–Trinajstić information content (AvgIpc) is 2.69. The Hall–Kier alpha value is -2.00. The lowest BCUT2D eigenvalue weighted by molar-refractivity contribution is 1.17. The third-order valence-electron chi connectivity index (χ3n) is 2.98. The highest BCUT2D eigenvalue weighted by Crippen LogP contribution is 2.28. The molecule has 0 radical (unpaired) electrons. The standard InChI is InChI=1S/C14H12ClN3/c1-9-4-3-7-18-13(16)12(17-14(9)18)10-5-2-6-11(15)8-10/h2-8H,16H2,1H3. The molecule has 2 aromatic heterocycles. The van der Waals surface area contributed by atoms with E-state index in [-0.39, 0.29) is 0 Å². The number of pyridine rings is 1. The van der Waals surface area contributed by atoms with Gasteiger partial charge in [0.05, 0.1) is 0 Å². The fraction of sp³-hybridized carbons (Fsp3) is 0.0714. The quantitative estimate of drug-likeness (QED) is 0.725. The fourth-order valence-corrected chi connectivity index (χ4v) is 2.26. The van der Waals surface area contributed by atoms with Crippen LogP contribution < -0.4 is 5.73 Å². The number of imidazole rings is 1. The summed E-state index contributed by atoms with van der Waals surface area (Å²) in [6.07, 6.45) is 1.92. The van der Waals surface area contributed by atoms with Gasteiger partial charge < -0.3 is 5.73 Å². The van der Waals surface area contributed by atoms with Crippen molar-refractivity contribution in [3.63, 3.8) is 0 Å². The Kier molecular flexibility index (Phi) is 2.49. The van der Waals surface area contributed by atoms with Crippen LogP contribution in [0.5, 0.6) is 0 Å². The highest BCUT2D eigenvalue weighted by atomic mass is 35.5. The van der Waals surface area contributed by atoms with Crippen molar-refractivity contribution >= 4 is 23.1 Å². The Bertz CT molecular complexity index is 731. The van der Waals surface area contributed by atoms with Crippen molar-refractivity contribution in [3.8, 4) is 11.3 Å². The summed E-state index contributed by atoms with van der Waals surface area (Å²) in [5, 5.41) is 0.681. The Morgan fingerprint density at radius 2 is 2.06 bits per heavy atom. The molecule has 0 aliphatic rings. The monoisotopic (exact) mass is 257 g/mol. The van der Waals surface area contributed by atoms with E-state index >= 15 is 0 Å². The molecule has 4 heteroatoms. The number of hydrogen-bond acceptors (Lipinski definition) is 2. The molecule has 0 fully saturated rings. The van der Waals surface area contributed by atoms with Crippen molar-refractivity contribution in [2.75, 3.05) is 5.73 Å². The minimum absolute atomic E-state index is 0.635. The van der Waals surface area contributed by atoms with Gasteiger partial charge in [-0.15, -0.1) is 0 Å². The van der Waals surface area contributed by atoms with Crippen molar-refractivity contribution in [3.05, 3.63) is 53.2 Å². The van der Waals surface area contributed by atoms with Gasteiger partial charge >= 0.3 is 0 Å². The molecule has 3 rings (SSSR count). The summed E-state index contributed by atoms with van der Waals surface area (Å²) in [4.78, 5) is 4.60. The topological polar surface area (TPSA) is 43.3 Å². The van der Waals surface area contributed by atoms with Gasteiger partial charge in [-0.3, -0.25) is 4.40 Å². The zero-order valence-corrected chi connectivity index (χ0v) is 10.6. The molecular formula is C14H12ClN3. The lowest BCUT2D eigenvalue weighted by Gasteiger charge is -2.00. The zero-order chi connectivity index (χ0) is 12.7. The van der Waals surface area contributed by atoms with E-state index < -0.39 is 0 Å². The van der Waals surface area contributed by atoms with Crippen LogP contribution in [0.1, 0.15) is 5.56 Å². The van der Waals surface area contributed by atoms with Gasteiger partial charge in [0.1, 0.15) is 17.2 Å². The summed E-state index contributed by atoms with van der Waals surface area (Å²) < 4.78 is 1.89. The second kappa shape index (κ2) is 4.03. The van der Waals surface area contributed by atoms with E-state index in [9.17, 15) is 0 Å². The molecular weight excluding hydrogens is 246 g/mol. The SMILES string of the molecule is Cc1cccn2c(N)c(-c3cccc(Cl)c3)nc12. The lowest BCUT2D eigenvalue weighted by Crippen LogP contribution is -1.94. The van der Waals surface area contributed by atoms with Crippen molar-refractivity contribution in [1.29, 1.82) is 0 Å². The molecule has 90 valence electrons. The van der Waals surface area contributed by atoms with Crippen LogP contribution in [0.2, 0.25) is 5.02 Å². The molecule has 18 heavy (non-hydrogen) atoms. The number of halogens is 1. The van der Waals surface area contributed by atoms with E-state index in [1.165, 1.54) is 0 Å². The number of nitrogen functional groups attached to an aromatic ring is 1. The molecule has 2 N–H and O–H groups in total. The predicted octanol–water partition coefficient (Wildman–Crippen LogP) is 3.55. The Labute approximate surface area is 110 Å². The molecule has 0 spiro atoms. The number of hydrogen-bond donors (Lipinski definition) is 1. The fourth-order valence-electron chi connectivity index (χ4n) is 2.07. The first kappa shape index (κ1) is 11.1. The molecule has 0 saturated heterocycles. The summed E-state index contributed by atoms with van der Waals surface area (Å²) in [5.74, 6) is 0.635. The maximum Gasteiger partial charge on any atom is 0.142 e. The zero-order valence-electron chi connectivity index (χ0n) is 9.89. The molecule has 0 bridgehead atoms. The van der Waals surface area contributed by atoms with Crippen LogP contribution in [0.3, 0.4) is 0 Å². The molecule has 3 aromatic rings. The molecule has 0 saturated carbocycles. The van der Waals surface area contributed by atoms with Gasteiger partial charge in [-0.1, -0.05) is 29.8 Å². The summed E-state index contributed by atoms with van der Waals surface area (Å²) in [6, 6.07) is 11.5. The summed E-state index contributed by atoms with van der Waals surface area (Å²) >= 11 is 6.00. The third-order valence-corrected chi connectivity index (χ3v) is 3.22. The van der Waals surface area contributed by atoms with Crippen LogP contribution in [0, 0.1) is 6.92 Å². The number of nitrogens with two attached hydrogens (primary N) is 1. The number of rotatable bonds is 1. The summed E-state index contributed by atoms with van der Waals surface area (Å²) in [5.41, 5.74) is 9.83. The van der Waals surface area contributed by atoms with Crippen molar-refractivity contribution in [1.82, 2.24) is 9.38 Å². The number of aromatic nitrogens is 2. The minimum atomic E-state index is 0.635. The van der Waals surface area contributed by atoms with Crippen LogP contribution >= 0.6 is 11.6 Å². The Morgan fingerprint density at radius 3 is 2.78 bits per heavy atom. The van der Waals surface area contributed by atoms with Gasteiger partial charge in [0.15, 0.2) is 0 Å². The highest BCUT2D eigenvalue weighted by Gasteiger charge is 2.12. The molecule has 2 heterocycles. The Morgan fingerprint density at radius 1 is 1.22 bits per heavy atom. The number of fused-ring (bicyclic) bond motifs is 1. The first-order chi connectivity index (χ1) is 8.66. The van der Waals surface area contributed by atoms with Crippen molar-refractivity contribution in [2.24, 2.45) is 0 Å². The maximum absolute atomic E-state index is 6.15. The normalized spacial score (nSPS) is 11.0. The van der Waals surface area contributed by atoms with Gasteiger partial charge in [0.2, 0.25) is 0 Å². The molecule has 0 atom stereocenters. The lowest BCUT2D eigenvalue weighted by atomic mass is 10.1. The molecule has 3 nitrogen and oxygen atoms in total. The number of benzene rings is 1. The summed E-state index contributed by atoms with van der Waals surface area (Å²) in [7, 11) is 0.